The first-order chi connectivity index (χ1) is 9.22. The van der Waals surface area contributed by atoms with Crippen LogP contribution in [0.5, 0.6) is 0 Å². The molecule has 1 aromatic rings. The van der Waals surface area contributed by atoms with Crippen molar-refractivity contribution >= 4 is 11.8 Å². The van der Waals surface area contributed by atoms with Crippen LogP contribution in [0.2, 0.25) is 0 Å². The predicted molar refractivity (Wildman–Crippen MR) is 79.1 cm³/mol. The van der Waals surface area contributed by atoms with Gasteiger partial charge in [-0.15, -0.1) is 0 Å². The molecule has 2 heterocycles. The van der Waals surface area contributed by atoms with Crippen LogP contribution in [0.1, 0.15) is 64.2 Å². The predicted octanol–water partition coefficient (Wildman–Crippen LogP) is 3.55. The first-order valence-electron chi connectivity index (χ1n) is 7.40. The molecular weight excluding hydrogens is 258 g/mol. The first-order valence-corrected chi connectivity index (χ1v) is 8.45. The fourth-order valence-corrected chi connectivity index (χ4v) is 3.14. The third kappa shape index (κ3) is 4.21. The summed E-state index contributed by atoms with van der Waals surface area (Å²) in [5.74, 6) is 3.25. The van der Waals surface area contributed by atoms with E-state index in [4.69, 9.17) is 4.52 Å². The van der Waals surface area contributed by atoms with E-state index in [1.165, 1.54) is 19.3 Å². The van der Waals surface area contributed by atoms with E-state index in [1.807, 2.05) is 11.8 Å². The van der Waals surface area contributed by atoms with E-state index < -0.39 is 0 Å². The number of nitrogens with one attached hydrogen (secondary N) is 1. The number of hydrogen-bond donors (Lipinski definition) is 1. The smallest absolute Gasteiger partial charge is 0.243 e. The Balaban J connectivity index is 1.89. The van der Waals surface area contributed by atoms with Crippen molar-refractivity contribution in [3.05, 3.63) is 11.7 Å². The summed E-state index contributed by atoms with van der Waals surface area (Å²) in [6, 6.07) is 0.258. The van der Waals surface area contributed by atoms with Crippen LogP contribution in [0.15, 0.2) is 4.52 Å². The average Bonchev–Trinajstić information content (AvgIpc) is 2.93. The standard InChI is InChI=1S/C14H25N3OS/c1-4-10(3)19-9-13-16-14(18-17-13)12-8-11(5-2)6-7-15-12/h10-12,15H,4-9H2,1-3H3. The Hall–Kier alpha value is -0.550. The van der Waals surface area contributed by atoms with Crippen LogP contribution < -0.4 is 5.32 Å². The number of thioether (sulfide) groups is 1. The molecule has 1 aliphatic rings. The molecule has 108 valence electrons. The van der Waals surface area contributed by atoms with E-state index in [-0.39, 0.29) is 6.04 Å². The number of aromatic nitrogens is 2. The second-order valence-electron chi connectivity index (χ2n) is 5.38. The molecule has 3 unspecified atom stereocenters. The van der Waals surface area contributed by atoms with E-state index in [0.717, 1.165) is 36.4 Å². The van der Waals surface area contributed by atoms with Crippen molar-refractivity contribution in [3.8, 4) is 0 Å². The van der Waals surface area contributed by atoms with Crippen molar-refractivity contribution in [2.24, 2.45) is 5.92 Å². The lowest BCUT2D eigenvalue weighted by Gasteiger charge is -2.27. The van der Waals surface area contributed by atoms with Gasteiger partial charge in [-0.2, -0.15) is 16.7 Å². The Bertz CT molecular complexity index is 383. The Kier molecular flexibility index (Phi) is 5.70. The van der Waals surface area contributed by atoms with Crippen molar-refractivity contribution in [2.45, 2.75) is 63.5 Å². The average molecular weight is 283 g/mol. The molecule has 1 aliphatic heterocycles. The summed E-state index contributed by atoms with van der Waals surface area (Å²) in [6.07, 6.45) is 4.80. The summed E-state index contributed by atoms with van der Waals surface area (Å²) in [7, 11) is 0. The SMILES string of the molecule is CCC1CCNC(c2nc(CSC(C)CC)no2)C1. The van der Waals surface area contributed by atoms with Gasteiger partial charge in [-0.05, 0) is 31.7 Å². The summed E-state index contributed by atoms with van der Waals surface area (Å²) in [4.78, 5) is 4.55. The van der Waals surface area contributed by atoms with Gasteiger partial charge in [0.1, 0.15) is 0 Å². The second-order valence-corrected chi connectivity index (χ2v) is 6.81. The number of nitrogens with zero attached hydrogens (tertiary/aromatic N) is 2. The summed E-state index contributed by atoms with van der Waals surface area (Å²) in [6.45, 7) is 7.76. The normalized spacial score (nSPS) is 25.4. The van der Waals surface area contributed by atoms with Crippen LogP contribution in [-0.4, -0.2) is 21.9 Å². The zero-order valence-corrected chi connectivity index (χ0v) is 13.0. The van der Waals surface area contributed by atoms with Gasteiger partial charge in [-0.3, -0.25) is 0 Å². The van der Waals surface area contributed by atoms with Crippen molar-refractivity contribution in [1.82, 2.24) is 15.5 Å². The Labute approximate surface area is 120 Å². The van der Waals surface area contributed by atoms with E-state index in [9.17, 15) is 0 Å². The summed E-state index contributed by atoms with van der Waals surface area (Å²) in [5.41, 5.74) is 0. The van der Waals surface area contributed by atoms with Gasteiger partial charge in [-0.25, -0.2) is 0 Å². The number of rotatable bonds is 6. The summed E-state index contributed by atoms with van der Waals surface area (Å²) < 4.78 is 5.43. The van der Waals surface area contributed by atoms with Crippen LogP contribution in [-0.2, 0) is 5.75 Å². The van der Waals surface area contributed by atoms with Gasteiger partial charge in [-0.1, -0.05) is 32.3 Å². The highest BCUT2D eigenvalue weighted by Gasteiger charge is 2.26. The second kappa shape index (κ2) is 7.29. The monoisotopic (exact) mass is 283 g/mol. The zero-order chi connectivity index (χ0) is 13.7. The molecule has 19 heavy (non-hydrogen) atoms. The molecule has 3 atom stereocenters. The highest BCUT2D eigenvalue weighted by atomic mass is 32.2. The molecule has 5 heteroatoms. The van der Waals surface area contributed by atoms with Crippen LogP contribution in [0, 0.1) is 5.92 Å². The molecular formula is C14H25N3OS. The van der Waals surface area contributed by atoms with Gasteiger partial charge in [0, 0.05) is 5.25 Å². The molecule has 4 nitrogen and oxygen atoms in total. The summed E-state index contributed by atoms with van der Waals surface area (Å²) >= 11 is 1.89. The van der Waals surface area contributed by atoms with Crippen molar-refractivity contribution in [2.75, 3.05) is 6.54 Å². The van der Waals surface area contributed by atoms with Gasteiger partial charge < -0.3 is 9.84 Å². The van der Waals surface area contributed by atoms with Crippen molar-refractivity contribution in [3.63, 3.8) is 0 Å². The minimum absolute atomic E-state index is 0.258. The van der Waals surface area contributed by atoms with Gasteiger partial charge in [0.05, 0.1) is 11.8 Å². The molecule has 2 rings (SSSR count). The lowest BCUT2D eigenvalue weighted by Crippen LogP contribution is -2.31. The Morgan fingerprint density at radius 1 is 1.47 bits per heavy atom. The largest absolute Gasteiger partial charge is 0.338 e. The van der Waals surface area contributed by atoms with E-state index >= 15 is 0 Å². The Morgan fingerprint density at radius 3 is 3.05 bits per heavy atom. The van der Waals surface area contributed by atoms with Crippen LogP contribution in [0.3, 0.4) is 0 Å². The van der Waals surface area contributed by atoms with Gasteiger partial charge in [0.2, 0.25) is 5.89 Å². The number of hydrogen-bond acceptors (Lipinski definition) is 5. The van der Waals surface area contributed by atoms with Gasteiger partial charge in [0.15, 0.2) is 5.82 Å². The van der Waals surface area contributed by atoms with E-state index in [2.05, 4.69) is 36.2 Å². The van der Waals surface area contributed by atoms with Gasteiger partial charge >= 0.3 is 0 Å². The van der Waals surface area contributed by atoms with Crippen LogP contribution >= 0.6 is 11.8 Å². The molecule has 1 saturated heterocycles. The maximum Gasteiger partial charge on any atom is 0.243 e. The topological polar surface area (TPSA) is 51.0 Å². The highest BCUT2D eigenvalue weighted by Crippen LogP contribution is 2.28. The maximum atomic E-state index is 5.43. The maximum absolute atomic E-state index is 5.43. The van der Waals surface area contributed by atoms with Gasteiger partial charge in [0.25, 0.3) is 0 Å². The number of piperidine rings is 1. The molecule has 0 aliphatic carbocycles. The molecule has 1 fully saturated rings. The minimum atomic E-state index is 0.258. The van der Waals surface area contributed by atoms with Crippen LogP contribution in [0.25, 0.3) is 0 Å². The van der Waals surface area contributed by atoms with Crippen molar-refractivity contribution < 1.29 is 4.52 Å². The Morgan fingerprint density at radius 2 is 2.32 bits per heavy atom. The van der Waals surface area contributed by atoms with E-state index in [1.54, 1.807) is 0 Å². The zero-order valence-electron chi connectivity index (χ0n) is 12.2. The molecule has 0 radical (unpaired) electrons. The third-order valence-corrected chi connectivity index (χ3v) is 5.27. The summed E-state index contributed by atoms with van der Waals surface area (Å²) in [5, 5.41) is 8.24. The lowest BCUT2D eigenvalue weighted by molar-refractivity contribution is 0.245. The lowest BCUT2D eigenvalue weighted by atomic mass is 9.90. The fraction of sp³-hybridized carbons (Fsp3) is 0.857. The quantitative estimate of drug-likeness (QED) is 0.865. The molecule has 0 amide bonds. The molecule has 0 saturated carbocycles. The molecule has 1 aromatic heterocycles. The van der Waals surface area contributed by atoms with E-state index in [0.29, 0.717) is 5.25 Å². The van der Waals surface area contributed by atoms with Crippen molar-refractivity contribution in [1.29, 1.82) is 0 Å². The fourth-order valence-electron chi connectivity index (χ4n) is 2.36. The molecule has 1 N–H and O–H groups in total. The molecule has 0 spiro atoms. The molecule has 0 aromatic carbocycles. The third-order valence-electron chi connectivity index (χ3n) is 3.94. The molecule has 0 bridgehead atoms. The van der Waals surface area contributed by atoms with Crippen LogP contribution in [0.4, 0.5) is 0 Å². The minimum Gasteiger partial charge on any atom is -0.338 e. The first kappa shape index (κ1) is 14.9. The highest BCUT2D eigenvalue weighted by molar-refractivity contribution is 7.99.